The normalized spacial score (nSPS) is 14.1. The van der Waals surface area contributed by atoms with Crippen LogP contribution in [0.4, 0.5) is 0 Å². The molecule has 1 heterocycles. The van der Waals surface area contributed by atoms with Gasteiger partial charge in [-0.3, -0.25) is 14.9 Å². The van der Waals surface area contributed by atoms with Crippen molar-refractivity contribution >= 4 is 11.8 Å². The molecule has 1 aliphatic heterocycles. The molecule has 1 N–H and O–H groups in total. The van der Waals surface area contributed by atoms with E-state index in [1.165, 1.54) is 0 Å². The monoisotopic (exact) mass is 214 g/mol. The van der Waals surface area contributed by atoms with E-state index in [1.807, 2.05) is 6.07 Å². The Morgan fingerprint density at radius 1 is 1.19 bits per heavy atom. The predicted molar refractivity (Wildman–Crippen MR) is 53.0 cm³/mol. The maximum Gasteiger partial charge on any atom is 0.294 e. The van der Waals surface area contributed by atoms with Gasteiger partial charge in [-0.25, -0.2) is 0 Å². The maximum atomic E-state index is 11.1. The molecule has 0 fully saturated rings. The number of rotatable bonds is 2. The van der Waals surface area contributed by atoms with Crippen LogP contribution in [0.15, 0.2) is 36.1 Å². The number of amides is 2. The van der Waals surface area contributed by atoms with Gasteiger partial charge in [0.05, 0.1) is 17.7 Å². The van der Waals surface area contributed by atoms with Crippen molar-refractivity contribution in [3.63, 3.8) is 0 Å². The highest BCUT2D eigenvalue weighted by Gasteiger charge is 2.22. The Hall–Kier alpha value is -2.61. The molecule has 2 rings (SSSR count). The third-order valence-corrected chi connectivity index (χ3v) is 1.93. The highest BCUT2D eigenvalue weighted by Crippen LogP contribution is 2.16. The van der Waals surface area contributed by atoms with Gasteiger partial charge >= 0.3 is 0 Å². The standard InChI is InChI=1S/C11H6N2O3/c12-6-7-1-3-8(4-2-7)16-9-5-10(14)13-11(9)15/h1-5H,(H,13,14,15). The number of benzene rings is 1. The zero-order chi connectivity index (χ0) is 11.5. The lowest BCUT2D eigenvalue weighted by Gasteiger charge is -2.03. The molecule has 0 atom stereocenters. The number of nitrogens with one attached hydrogen (secondary N) is 1. The first-order valence-corrected chi connectivity index (χ1v) is 4.44. The lowest BCUT2D eigenvalue weighted by Crippen LogP contribution is -2.23. The van der Waals surface area contributed by atoms with Gasteiger partial charge in [-0.15, -0.1) is 0 Å². The second-order valence-electron chi connectivity index (χ2n) is 3.07. The molecule has 2 amide bonds. The average Bonchev–Trinajstić information content (AvgIpc) is 2.59. The van der Waals surface area contributed by atoms with Crippen molar-refractivity contribution in [3.8, 4) is 11.8 Å². The summed E-state index contributed by atoms with van der Waals surface area (Å²) in [6.45, 7) is 0. The number of carbonyl (C=O) groups is 2. The van der Waals surface area contributed by atoms with E-state index in [4.69, 9.17) is 10.00 Å². The Balaban J connectivity index is 2.16. The number of ether oxygens (including phenoxy) is 1. The molecule has 0 bridgehead atoms. The van der Waals surface area contributed by atoms with Crippen LogP contribution in [-0.4, -0.2) is 11.8 Å². The smallest absolute Gasteiger partial charge is 0.294 e. The van der Waals surface area contributed by atoms with E-state index in [0.717, 1.165) is 6.08 Å². The summed E-state index contributed by atoms with van der Waals surface area (Å²) in [6.07, 6.45) is 1.08. The Morgan fingerprint density at radius 3 is 2.38 bits per heavy atom. The Bertz CT molecular complexity index is 523. The number of imide groups is 1. The quantitative estimate of drug-likeness (QED) is 0.726. The van der Waals surface area contributed by atoms with Crippen molar-refractivity contribution in [2.24, 2.45) is 0 Å². The first-order chi connectivity index (χ1) is 7.69. The molecule has 16 heavy (non-hydrogen) atoms. The number of hydrogen-bond donors (Lipinski definition) is 1. The molecule has 0 spiro atoms. The summed E-state index contributed by atoms with van der Waals surface area (Å²) in [5.74, 6) is -0.701. The molecular formula is C11H6N2O3. The maximum absolute atomic E-state index is 11.1. The summed E-state index contributed by atoms with van der Waals surface area (Å²) in [6, 6.07) is 8.18. The second-order valence-corrected chi connectivity index (χ2v) is 3.07. The van der Waals surface area contributed by atoms with E-state index in [2.05, 4.69) is 5.32 Å². The lowest BCUT2D eigenvalue weighted by molar-refractivity contribution is -0.124. The van der Waals surface area contributed by atoms with Crippen molar-refractivity contribution < 1.29 is 14.3 Å². The van der Waals surface area contributed by atoms with Crippen molar-refractivity contribution in [3.05, 3.63) is 41.7 Å². The third-order valence-electron chi connectivity index (χ3n) is 1.93. The van der Waals surface area contributed by atoms with Crippen LogP contribution in [0.5, 0.6) is 5.75 Å². The van der Waals surface area contributed by atoms with Gasteiger partial charge in [0.15, 0.2) is 5.76 Å². The largest absolute Gasteiger partial charge is 0.451 e. The van der Waals surface area contributed by atoms with E-state index in [9.17, 15) is 9.59 Å². The van der Waals surface area contributed by atoms with Gasteiger partial charge in [0.25, 0.3) is 11.8 Å². The van der Waals surface area contributed by atoms with E-state index in [1.54, 1.807) is 24.3 Å². The average molecular weight is 214 g/mol. The molecule has 0 saturated carbocycles. The van der Waals surface area contributed by atoms with Gasteiger partial charge in [-0.05, 0) is 24.3 Å². The fraction of sp³-hybridized carbons (Fsp3) is 0. The molecule has 1 aromatic carbocycles. The molecule has 1 aliphatic rings. The summed E-state index contributed by atoms with van der Waals surface area (Å²) in [4.78, 5) is 22.0. The zero-order valence-electron chi connectivity index (χ0n) is 8.06. The topological polar surface area (TPSA) is 79.2 Å². The van der Waals surface area contributed by atoms with Gasteiger partial charge in [-0.1, -0.05) is 0 Å². The molecule has 5 nitrogen and oxygen atoms in total. The number of carbonyl (C=O) groups excluding carboxylic acids is 2. The van der Waals surface area contributed by atoms with Gasteiger partial charge in [-0.2, -0.15) is 5.26 Å². The summed E-state index contributed by atoms with van der Waals surface area (Å²) in [7, 11) is 0. The van der Waals surface area contributed by atoms with Crippen LogP contribution < -0.4 is 10.1 Å². The third kappa shape index (κ3) is 1.91. The highest BCUT2D eigenvalue weighted by molar-refractivity contribution is 6.15. The van der Waals surface area contributed by atoms with E-state index >= 15 is 0 Å². The van der Waals surface area contributed by atoms with Crippen LogP contribution >= 0.6 is 0 Å². The number of nitriles is 1. The van der Waals surface area contributed by atoms with E-state index < -0.39 is 11.8 Å². The molecule has 0 saturated heterocycles. The molecule has 0 aromatic heterocycles. The van der Waals surface area contributed by atoms with Crippen LogP contribution in [-0.2, 0) is 9.59 Å². The molecule has 1 aromatic rings. The minimum atomic E-state index is -0.561. The lowest BCUT2D eigenvalue weighted by atomic mass is 10.2. The molecule has 5 heteroatoms. The SMILES string of the molecule is N#Cc1ccc(OC2=CC(=O)NC2=O)cc1. The van der Waals surface area contributed by atoms with Crippen LogP contribution in [0, 0.1) is 11.3 Å². The van der Waals surface area contributed by atoms with Gasteiger partial charge in [0.1, 0.15) is 5.75 Å². The molecule has 78 valence electrons. The van der Waals surface area contributed by atoms with Crippen LogP contribution in [0.2, 0.25) is 0 Å². The van der Waals surface area contributed by atoms with Gasteiger partial charge < -0.3 is 4.74 Å². The minimum absolute atomic E-state index is 0.0466. The van der Waals surface area contributed by atoms with E-state index in [0.29, 0.717) is 11.3 Å². The molecule has 0 radical (unpaired) electrons. The fourth-order valence-electron chi connectivity index (χ4n) is 1.19. The minimum Gasteiger partial charge on any atom is -0.451 e. The highest BCUT2D eigenvalue weighted by atomic mass is 16.5. The van der Waals surface area contributed by atoms with Gasteiger partial charge in [0, 0.05) is 0 Å². The Morgan fingerprint density at radius 2 is 1.88 bits per heavy atom. The summed E-state index contributed by atoms with van der Waals surface area (Å²) < 4.78 is 5.18. The van der Waals surface area contributed by atoms with Crippen molar-refractivity contribution in [1.29, 1.82) is 5.26 Å². The van der Waals surface area contributed by atoms with Crippen LogP contribution in [0.3, 0.4) is 0 Å². The predicted octanol–water partition coefficient (Wildman–Crippen LogP) is 0.477. The first-order valence-electron chi connectivity index (χ1n) is 4.44. The van der Waals surface area contributed by atoms with Crippen molar-refractivity contribution in [2.45, 2.75) is 0 Å². The Labute approximate surface area is 90.9 Å². The Kier molecular flexibility index (Phi) is 2.40. The van der Waals surface area contributed by atoms with E-state index in [-0.39, 0.29) is 5.76 Å². The summed E-state index contributed by atoms with van der Waals surface area (Å²) >= 11 is 0. The molecule has 0 unspecified atom stereocenters. The fourth-order valence-corrected chi connectivity index (χ4v) is 1.19. The van der Waals surface area contributed by atoms with Crippen molar-refractivity contribution in [2.75, 3.05) is 0 Å². The first kappa shape index (κ1) is 9.93. The molecule has 0 aliphatic carbocycles. The van der Waals surface area contributed by atoms with Crippen LogP contribution in [0.1, 0.15) is 5.56 Å². The summed E-state index contributed by atoms with van der Waals surface area (Å²) in [5, 5.41) is 10.6. The molecular weight excluding hydrogens is 208 g/mol. The van der Waals surface area contributed by atoms with Crippen LogP contribution in [0.25, 0.3) is 0 Å². The summed E-state index contributed by atoms with van der Waals surface area (Å²) in [5.41, 5.74) is 0.494. The van der Waals surface area contributed by atoms with Gasteiger partial charge in [0.2, 0.25) is 0 Å². The second kappa shape index (κ2) is 3.87. The zero-order valence-corrected chi connectivity index (χ0v) is 8.06. The number of hydrogen-bond acceptors (Lipinski definition) is 4. The van der Waals surface area contributed by atoms with Crippen molar-refractivity contribution in [1.82, 2.24) is 5.32 Å². The number of nitrogens with zero attached hydrogens (tertiary/aromatic N) is 1.